The summed E-state index contributed by atoms with van der Waals surface area (Å²) in [5.41, 5.74) is 2.32. The molecule has 3 rings (SSSR count). The molecule has 1 heterocycles. The van der Waals surface area contributed by atoms with E-state index >= 15 is 0 Å². The van der Waals surface area contributed by atoms with Gasteiger partial charge in [0.15, 0.2) is 17.3 Å². The molecule has 2 amide bonds. The maximum Gasteiger partial charge on any atom is 0.243 e. The third-order valence-corrected chi connectivity index (χ3v) is 5.70. The van der Waals surface area contributed by atoms with E-state index < -0.39 is 0 Å². The zero-order valence-electron chi connectivity index (χ0n) is 20.5. The third kappa shape index (κ3) is 7.71. The highest BCUT2D eigenvalue weighted by atomic mass is 16.5. The number of Topliss-reactive ketones (excluding diaryl/α,β-unsaturated/α-hetero) is 1. The summed E-state index contributed by atoms with van der Waals surface area (Å²) in [7, 11) is 3.11. The average molecular weight is 484 g/mol. The lowest BCUT2D eigenvalue weighted by atomic mass is 10.1. The molecule has 9 heteroatoms. The molecule has 35 heavy (non-hydrogen) atoms. The number of likely N-dealkylation sites (N-methyl/N-ethyl adjacent to an activating group) is 1. The fourth-order valence-corrected chi connectivity index (χ4v) is 3.68. The summed E-state index contributed by atoms with van der Waals surface area (Å²) < 4.78 is 16.4. The van der Waals surface area contributed by atoms with Crippen LogP contribution in [0.4, 0.5) is 11.4 Å². The first-order valence-electron chi connectivity index (χ1n) is 11.7. The molecule has 0 atom stereocenters. The van der Waals surface area contributed by atoms with Gasteiger partial charge >= 0.3 is 0 Å². The number of nitrogens with zero attached hydrogens (tertiary/aromatic N) is 2. The lowest BCUT2D eigenvalue weighted by Crippen LogP contribution is -2.36. The number of rotatable bonds is 11. The number of methoxy groups -OCH3 is 1. The van der Waals surface area contributed by atoms with Crippen molar-refractivity contribution >= 4 is 29.0 Å². The topological polar surface area (TPSA) is 97.4 Å². The largest absolute Gasteiger partial charge is 0.493 e. The van der Waals surface area contributed by atoms with Gasteiger partial charge in [-0.3, -0.25) is 14.4 Å². The Bertz CT molecular complexity index is 1020. The van der Waals surface area contributed by atoms with Gasteiger partial charge in [0, 0.05) is 43.5 Å². The number of anilines is 2. The van der Waals surface area contributed by atoms with Gasteiger partial charge < -0.3 is 29.3 Å². The molecule has 0 unspecified atom stereocenters. The second-order valence-corrected chi connectivity index (χ2v) is 8.32. The van der Waals surface area contributed by atoms with Crippen molar-refractivity contribution in [2.45, 2.75) is 19.8 Å². The molecule has 188 valence electrons. The first kappa shape index (κ1) is 26.0. The summed E-state index contributed by atoms with van der Waals surface area (Å²) in [6.07, 6.45) is 0.720. The number of benzene rings is 2. The van der Waals surface area contributed by atoms with Gasteiger partial charge in [-0.1, -0.05) is 0 Å². The molecule has 1 aliphatic rings. The predicted molar refractivity (Wildman–Crippen MR) is 133 cm³/mol. The summed E-state index contributed by atoms with van der Waals surface area (Å²) >= 11 is 0. The van der Waals surface area contributed by atoms with Crippen molar-refractivity contribution in [3.63, 3.8) is 0 Å². The molecule has 1 saturated heterocycles. The van der Waals surface area contributed by atoms with Crippen molar-refractivity contribution < 1.29 is 28.6 Å². The van der Waals surface area contributed by atoms with Crippen LogP contribution in [-0.2, 0) is 14.3 Å². The van der Waals surface area contributed by atoms with E-state index in [1.807, 2.05) is 24.3 Å². The van der Waals surface area contributed by atoms with Crippen LogP contribution in [-0.4, -0.2) is 76.1 Å². The second kappa shape index (κ2) is 12.8. The van der Waals surface area contributed by atoms with Crippen molar-refractivity contribution in [1.82, 2.24) is 4.90 Å². The van der Waals surface area contributed by atoms with Crippen LogP contribution in [0.25, 0.3) is 0 Å². The van der Waals surface area contributed by atoms with E-state index in [4.69, 9.17) is 14.2 Å². The molecule has 9 nitrogen and oxygen atoms in total. The Labute approximate surface area is 205 Å². The highest BCUT2D eigenvalue weighted by Gasteiger charge is 2.15. The van der Waals surface area contributed by atoms with Gasteiger partial charge in [-0.05, 0) is 55.8 Å². The number of nitrogens with one attached hydrogen (secondary N) is 1. The zero-order chi connectivity index (χ0) is 25.2. The summed E-state index contributed by atoms with van der Waals surface area (Å²) in [5, 5.41) is 2.83. The molecule has 0 aliphatic carbocycles. The number of carbonyl (C=O) groups is 3. The van der Waals surface area contributed by atoms with E-state index in [1.165, 1.54) is 18.9 Å². The molecular weight excluding hydrogens is 450 g/mol. The third-order valence-electron chi connectivity index (χ3n) is 5.70. The van der Waals surface area contributed by atoms with Crippen molar-refractivity contribution in [2.75, 3.05) is 63.8 Å². The van der Waals surface area contributed by atoms with E-state index in [2.05, 4.69) is 10.2 Å². The number of amides is 2. The van der Waals surface area contributed by atoms with Gasteiger partial charge in [-0.2, -0.15) is 0 Å². The van der Waals surface area contributed by atoms with Crippen LogP contribution in [0.1, 0.15) is 30.1 Å². The van der Waals surface area contributed by atoms with Gasteiger partial charge in [0.2, 0.25) is 11.8 Å². The first-order valence-corrected chi connectivity index (χ1v) is 11.7. The zero-order valence-corrected chi connectivity index (χ0v) is 20.5. The number of hydrogen-bond acceptors (Lipinski definition) is 7. The van der Waals surface area contributed by atoms with Crippen LogP contribution in [0.2, 0.25) is 0 Å². The Morgan fingerprint density at radius 1 is 1.06 bits per heavy atom. The minimum Gasteiger partial charge on any atom is -0.493 e. The Hall–Kier alpha value is -3.59. The Balaban J connectivity index is 1.39. The van der Waals surface area contributed by atoms with Crippen LogP contribution in [0, 0.1) is 0 Å². The lowest BCUT2D eigenvalue weighted by molar-refractivity contribution is -0.133. The molecule has 1 fully saturated rings. The molecule has 0 spiro atoms. The van der Waals surface area contributed by atoms with Gasteiger partial charge in [-0.25, -0.2) is 0 Å². The molecule has 0 aromatic heterocycles. The smallest absolute Gasteiger partial charge is 0.243 e. The van der Waals surface area contributed by atoms with Crippen LogP contribution < -0.4 is 19.7 Å². The predicted octanol–water partition coefficient (Wildman–Crippen LogP) is 2.99. The van der Waals surface area contributed by atoms with E-state index in [0.29, 0.717) is 49.0 Å². The van der Waals surface area contributed by atoms with E-state index in [9.17, 15) is 14.4 Å². The molecule has 0 radical (unpaired) electrons. The molecule has 0 saturated carbocycles. The van der Waals surface area contributed by atoms with Crippen molar-refractivity contribution in [2.24, 2.45) is 0 Å². The van der Waals surface area contributed by atoms with Gasteiger partial charge in [0.1, 0.15) is 0 Å². The average Bonchev–Trinajstić information content (AvgIpc) is 2.87. The molecule has 2 aromatic rings. The number of ether oxygens (including phenoxy) is 3. The molecule has 1 aliphatic heterocycles. The van der Waals surface area contributed by atoms with Crippen molar-refractivity contribution in [3.8, 4) is 11.5 Å². The molecule has 2 aromatic carbocycles. The van der Waals surface area contributed by atoms with Crippen LogP contribution in [0.3, 0.4) is 0 Å². The van der Waals surface area contributed by atoms with Gasteiger partial charge in [0.05, 0.1) is 33.5 Å². The fraction of sp³-hybridized carbons (Fsp3) is 0.423. The highest BCUT2D eigenvalue weighted by Crippen LogP contribution is 2.28. The maximum absolute atomic E-state index is 12.4. The van der Waals surface area contributed by atoms with Crippen molar-refractivity contribution in [3.05, 3.63) is 48.0 Å². The number of morpholine rings is 1. The first-order chi connectivity index (χ1) is 16.9. The van der Waals surface area contributed by atoms with Gasteiger partial charge in [0.25, 0.3) is 0 Å². The normalized spacial score (nSPS) is 13.2. The van der Waals surface area contributed by atoms with Crippen LogP contribution >= 0.6 is 0 Å². The van der Waals surface area contributed by atoms with Crippen LogP contribution in [0.15, 0.2) is 42.5 Å². The summed E-state index contributed by atoms with van der Waals surface area (Å²) in [6, 6.07) is 12.6. The fourth-order valence-electron chi connectivity index (χ4n) is 3.68. The molecule has 0 bridgehead atoms. The summed E-state index contributed by atoms with van der Waals surface area (Å²) in [4.78, 5) is 39.9. The summed E-state index contributed by atoms with van der Waals surface area (Å²) in [5.74, 6) is 0.516. The lowest BCUT2D eigenvalue weighted by Gasteiger charge is -2.28. The number of hydrogen-bond donors (Lipinski definition) is 1. The Kier molecular flexibility index (Phi) is 9.48. The standard InChI is InChI=1S/C26H33N3O6/c1-19(30)20-6-11-23(24(17-20)33-3)35-14-4-5-26(32)28(2)18-25(31)27-21-7-9-22(10-8-21)29-12-15-34-16-13-29/h6-11,17H,4-5,12-16,18H2,1-3H3,(H,27,31). The summed E-state index contributed by atoms with van der Waals surface area (Å²) in [6.45, 7) is 4.88. The van der Waals surface area contributed by atoms with E-state index in [-0.39, 0.29) is 30.6 Å². The SMILES string of the molecule is COc1cc(C(C)=O)ccc1OCCCC(=O)N(C)CC(=O)Nc1ccc(N2CCOCC2)cc1. The second-order valence-electron chi connectivity index (χ2n) is 8.32. The number of ketones is 1. The number of carbonyl (C=O) groups excluding carboxylic acids is 3. The Morgan fingerprint density at radius 2 is 1.77 bits per heavy atom. The van der Waals surface area contributed by atoms with E-state index in [0.717, 1.165) is 18.8 Å². The quantitative estimate of drug-likeness (QED) is 0.388. The van der Waals surface area contributed by atoms with Crippen molar-refractivity contribution in [1.29, 1.82) is 0 Å². The van der Waals surface area contributed by atoms with E-state index in [1.54, 1.807) is 25.2 Å². The minimum absolute atomic E-state index is 0.0365. The molecule has 1 N–H and O–H groups in total. The minimum atomic E-state index is -0.258. The van der Waals surface area contributed by atoms with Crippen LogP contribution in [0.5, 0.6) is 11.5 Å². The Morgan fingerprint density at radius 3 is 2.43 bits per heavy atom. The van der Waals surface area contributed by atoms with Gasteiger partial charge in [-0.15, -0.1) is 0 Å². The molecular formula is C26H33N3O6. The monoisotopic (exact) mass is 483 g/mol. The maximum atomic E-state index is 12.4. The highest BCUT2D eigenvalue weighted by molar-refractivity contribution is 5.95.